The Kier molecular flexibility index (Phi) is 1.71. The number of benzene rings is 1. The molecule has 0 fully saturated rings. The van der Waals surface area contributed by atoms with Gasteiger partial charge in [-0.2, -0.15) is 0 Å². The number of furan rings is 1. The Morgan fingerprint density at radius 2 is 2.08 bits per heavy atom. The third-order valence-electron chi connectivity index (χ3n) is 1.63. The van der Waals surface area contributed by atoms with Crippen LogP contribution in [0.1, 0.15) is 0 Å². The van der Waals surface area contributed by atoms with E-state index < -0.39 is 11.1 Å². The summed E-state index contributed by atoms with van der Waals surface area (Å²) in [6.07, 6.45) is 1.47. The molecule has 3 nitrogen and oxygen atoms in total. The molecule has 1 heterocycles. The summed E-state index contributed by atoms with van der Waals surface area (Å²) in [6, 6.07) is 7.23. The van der Waals surface area contributed by atoms with Gasteiger partial charge in [0.05, 0.1) is 0 Å². The first kappa shape index (κ1) is 7.52. The fourth-order valence-electron chi connectivity index (χ4n) is 1.10. The standard InChI is InChI=1S/C8H6O3S/c9-12(10)8-7-4-2-1-3-6(7)5-11-8/h1-5H,(H,9,10). The van der Waals surface area contributed by atoms with Gasteiger partial charge in [-0.15, -0.1) is 0 Å². The molecule has 1 aromatic carbocycles. The molecular weight excluding hydrogens is 176 g/mol. The van der Waals surface area contributed by atoms with Crippen LogP contribution < -0.4 is 0 Å². The molecule has 1 atom stereocenters. The van der Waals surface area contributed by atoms with Gasteiger partial charge in [0.25, 0.3) is 0 Å². The van der Waals surface area contributed by atoms with Crippen LogP contribution >= 0.6 is 0 Å². The van der Waals surface area contributed by atoms with Crippen LogP contribution in [0.3, 0.4) is 0 Å². The summed E-state index contributed by atoms with van der Waals surface area (Å²) >= 11 is -2.04. The van der Waals surface area contributed by atoms with Crippen LogP contribution in [0.25, 0.3) is 10.8 Å². The molecule has 0 aliphatic heterocycles. The van der Waals surface area contributed by atoms with Crippen molar-refractivity contribution >= 4 is 21.9 Å². The summed E-state index contributed by atoms with van der Waals surface area (Å²) < 4.78 is 24.4. The Morgan fingerprint density at radius 3 is 2.83 bits per heavy atom. The topological polar surface area (TPSA) is 50.4 Å². The molecule has 0 bridgehead atoms. The van der Waals surface area contributed by atoms with Crippen molar-refractivity contribution in [3.8, 4) is 0 Å². The maximum absolute atomic E-state index is 10.7. The van der Waals surface area contributed by atoms with E-state index in [0.717, 1.165) is 5.39 Å². The highest BCUT2D eigenvalue weighted by atomic mass is 32.2. The van der Waals surface area contributed by atoms with Crippen molar-refractivity contribution in [3.05, 3.63) is 30.5 Å². The van der Waals surface area contributed by atoms with Gasteiger partial charge in [0.15, 0.2) is 0 Å². The Balaban J connectivity index is 2.79. The molecule has 0 spiro atoms. The highest BCUT2D eigenvalue weighted by molar-refractivity contribution is 7.79. The van der Waals surface area contributed by atoms with E-state index in [0.29, 0.717) is 5.39 Å². The molecule has 2 aromatic rings. The molecule has 0 radical (unpaired) electrons. The molecule has 1 N–H and O–H groups in total. The van der Waals surface area contributed by atoms with Crippen molar-refractivity contribution in [1.29, 1.82) is 0 Å². The molecule has 0 saturated heterocycles. The minimum absolute atomic E-state index is 0.116. The molecule has 1 unspecified atom stereocenters. The van der Waals surface area contributed by atoms with Gasteiger partial charge in [-0.25, -0.2) is 4.21 Å². The average molecular weight is 182 g/mol. The predicted molar refractivity (Wildman–Crippen MR) is 45.3 cm³/mol. The second kappa shape index (κ2) is 2.73. The van der Waals surface area contributed by atoms with E-state index in [1.165, 1.54) is 6.26 Å². The van der Waals surface area contributed by atoms with E-state index in [1.807, 2.05) is 12.1 Å². The Morgan fingerprint density at radius 1 is 1.33 bits per heavy atom. The third-order valence-corrected chi connectivity index (χ3v) is 2.27. The summed E-state index contributed by atoms with van der Waals surface area (Å²) in [7, 11) is 0. The van der Waals surface area contributed by atoms with Gasteiger partial charge in [-0.3, -0.25) is 4.55 Å². The quantitative estimate of drug-likeness (QED) is 0.686. The third kappa shape index (κ3) is 1.05. The van der Waals surface area contributed by atoms with E-state index in [-0.39, 0.29) is 5.09 Å². The highest BCUT2D eigenvalue weighted by Crippen LogP contribution is 2.22. The fourth-order valence-corrected chi connectivity index (χ4v) is 1.61. The molecular formula is C8H6O3S. The van der Waals surface area contributed by atoms with Gasteiger partial charge < -0.3 is 4.42 Å². The zero-order chi connectivity index (χ0) is 8.55. The smallest absolute Gasteiger partial charge is 0.225 e. The van der Waals surface area contributed by atoms with Gasteiger partial charge in [0.2, 0.25) is 16.2 Å². The van der Waals surface area contributed by atoms with Crippen molar-refractivity contribution in [1.82, 2.24) is 0 Å². The molecule has 0 aliphatic carbocycles. The predicted octanol–water partition coefficient (Wildman–Crippen LogP) is 2.01. The van der Waals surface area contributed by atoms with Crippen molar-refractivity contribution in [2.45, 2.75) is 5.09 Å². The van der Waals surface area contributed by atoms with Crippen LogP contribution in [0, 0.1) is 0 Å². The minimum Gasteiger partial charge on any atom is -0.452 e. The maximum Gasteiger partial charge on any atom is 0.225 e. The first-order valence-electron chi connectivity index (χ1n) is 3.36. The van der Waals surface area contributed by atoms with Gasteiger partial charge in [-0.1, -0.05) is 18.2 Å². The van der Waals surface area contributed by atoms with Crippen LogP contribution in [-0.4, -0.2) is 8.76 Å². The number of hydrogen-bond acceptors (Lipinski definition) is 2. The van der Waals surface area contributed by atoms with Crippen LogP contribution in [0.15, 0.2) is 40.0 Å². The lowest BCUT2D eigenvalue weighted by atomic mass is 10.2. The highest BCUT2D eigenvalue weighted by Gasteiger charge is 2.09. The monoisotopic (exact) mass is 182 g/mol. The second-order valence-electron chi connectivity index (χ2n) is 2.36. The van der Waals surface area contributed by atoms with E-state index in [2.05, 4.69) is 0 Å². The summed E-state index contributed by atoms with van der Waals surface area (Å²) in [4.78, 5) is 0. The molecule has 4 heteroatoms. The average Bonchev–Trinajstić information content (AvgIpc) is 2.47. The molecule has 62 valence electrons. The van der Waals surface area contributed by atoms with Crippen molar-refractivity contribution < 1.29 is 13.2 Å². The number of fused-ring (bicyclic) bond motifs is 1. The van der Waals surface area contributed by atoms with Gasteiger partial charge in [0.1, 0.15) is 6.26 Å². The summed E-state index contributed by atoms with van der Waals surface area (Å²) in [5.41, 5.74) is 0. The van der Waals surface area contributed by atoms with Crippen LogP contribution in [-0.2, 0) is 11.1 Å². The number of rotatable bonds is 1. The SMILES string of the molecule is O=S(O)c1occ2ccccc12. The summed E-state index contributed by atoms with van der Waals surface area (Å²) in [5, 5.41) is 1.65. The normalized spacial score (nSPS) is 13.4. The number of hydrogen-bond donors (Lipinski definition) is 1. The Bertz CT molecular complexity index is 433. The lowest BCUT2D eigenvalue weighted by molar-refractivity contribution is 0.448. The largest absolute Gasteiger partial charge is 0.452 e. The zero-order valence-corrected chi connectivity index (χ0v) is 6.88. The second-order valence-corrected chi connectivity index (χ2v) is 3.23. The summed E-state index contributed by atoms with van der Waals surface area (Å²) in [5.74, 6) is 0. The van der Waals surface area contributed by atoms with Gasteiger partial charge >= 0.3 is 0 Å². The van der Waals surface area contributed by atoms with E-state index >= 15 is 0 Å². The lowest BCUT2D eigenvalue weighted by Gasteiger charge is -1.88. The molecule has 0 saturated carbocycles. The minimum atomic E-state index is -2.04. The van der Waals surface area contributed by atoms with Crippen LogP contribution in [0.4, 0.5) is 0 Å². The molecule has 0 amide bonds. The Labute approximate surface area is 71.3 Å². The van der Waals surface area contributed by atoms with Crippen LogP contribution in [0.2, 0.25) is 0 Å². The van der Waals surface area contributed by atoms with E-state index in [1.54, 1.807) is 12.1 Å². The fraction of sp³-hybridized carbons (Fsp3) is 0. The molecule has 0 aliphatic rings. The molecule has 2 rings (SSSR count). The van der Waals surface area contributed by atoms with E-state index in [4.69, 9.17) is 8.97 Å². The van der Waals surface area contributed by atoms with Crippen LogP contribution in [0.5, 0.6) is 0 Å². The van der Waals surface area contributed by atoms with Crippen molar-refractivity contribution in [2.24, 2.45) is 0 Å². The van der Waals surface area contributed by atoms with Crippen molar-refractivity contribution in [3.63, 3.8) is 0 Å². The molecule has 1 aromatic heterocycles. The van der Waals surface area contributed by atoms with E-state index in [9.17, 15) is 4.21 Å². The Hall–Kier alpha value is -1.13. The lowest BCUT2D eigenvalue weighted by Crippen LogP contribution is -1.84. The van der Waals surface area contributed by atoms with Gasteiger partial charge in [0, 0.05) is 10.8 Å². The first-order chi connectivity index (χ1) is 5.79. The first-order valence-corrected chi connectivity index (χ1v) is 4.47. The zero-order valence-electron chi connectivity index (χ0n) is 6.06. The molecule has 12 heavy (non-hydrogen) atoms. The van der Waals surface area contributed by atoms with Gasteiger partial charge in [-0.05, 0) is 6.07 Å². The maximum atomic E-state index is 10.7. The van der Waals surface area contributed by atoms with Crippen molar-refractivity contribution in [2.75, 3.05) is 0 Å². The summed E-state index contributed by atoms with van der Waals surface area (Å²) in [6.45, 7) is 0.